The van der Waals surface area contributed by atoms with E-state index in [9.17, 15) is 9.59 Å². The number of ether oxygens (including phenoxy) is 1. The van der Waals surface area contributed by atoms with E-state index in [-0.39, 0.29) is 18.9 Å². The van der Waals surface area contributed by atoms with Crippen LogP contribution in [-0.4, -0.2) is 30.1 Å². The van der Waals surface area contributed by atoms with Crippen LogP contribution in [-0.2, 0) is 4.79 Å². The van der Waals surface area contributed by atoms with Crippen molar-refractivity contribution in [2.45, 2.75) is 20.3 Å². The van der Waals surface area contributed by atoms with Gasteiger partial charge in [0.1, 0.15) is 5.75 Å². The Morgan fingerprint density at radius 1 is 1.32 bits per heavy atom. The Labute approximate surface area is 112 Å². The van der Waals surface area contributed by atoms with Gasteiger partial charge in [-0.1, -0.05) is 26.0 Å². The average molecular weight is 265 g/mol. The van der Waals surface area contributed by atoms with Crippen molar-refractivity contribution in [1.29, 1.82) is 0 Å². The maximum Gasteiger partial charge on any atom is 0.305 e. The predicted octanol–water partition coefficient (Wildman–Crippen LogP) is 1.93. The van der Waals surface area contributed by atoms with E-state index in [0.717, 1.165) is 0 Å². The zero-order valence-electron chi connectivity index (χ0n) is 11.2. The lowest BCUT2D eigenvalue weighted by Gasteiger charge is -2.12. The molecule has 0 spiro atoms. The lowest BCUT2D eigenvalue weighted by molar-refractivity contribution is -0.136. The Kier molecular flexibility index (Phi) is 5.85. The molecular weight excluding hydrogens is 246 g/mol. The third-order valence-electron chi connectivity index (χ3n) is 2.33. The topological polar surface area (TPSA) is 75.6 Å². The highest BCUT2D eigenvalue weighted by Crippen LogP contribution is 2.18. The monoisotopic (exact) mass is 265 g/mol. The number of nitrogens with one attached hydrogen (secondary N) is 1. The summed E-state index contributed by atoms with van der Waals surface area (Å²) in [6.45, 7) is 4.68. The van der Waals surface area contributed by atoms with Gasteiger partial charge in [-0.3, -0.25) is 9.59 Å². The second kappa shape index (κ2) is 7.41. The SMILES string of the molecule is CC(C)COc1ccccc1C(=O)NCCC(=O)O. The molecule has 2 N–H and O–H groups in total. The normalized spacial score (nSPS) is 10.3. The van der Waals surface area contributed by atoms with Crippen LogP contribution in [0.15, 0.2) is 24.3 Å². The lowest BCUT2D eigenvalue weighted by atomic mass is 10.2. The largest absolute Gasteiger partial charge is 0.492 e. The molecule has 0 heterocycles. The first kappa shape index (κ1) is 15.0. The fourth-order valence-electron chi connectivity index (χ4n) is 1.41. The van der Waals surface area contributed by atoms with Crippen molar-refractivity contribution in [3.63, 3.8) is 0 Å². The molecule has 0 saturated heterocycles. The standard InChI is InChI=1S/C14H19NO4/c1-10(2)9-19-12-6-4-3-5-11(12)14(18)15-8-7-13(16)17/h3-6,10H,7-9H2,1-2H3,(H,15,18)(H,16,17). The van der Waals surface area contributed by atoms with Gasteiger partial charge < -0.3 is 15.2 Å². The molecule has 5 heteroatoms. The highest BCUT2D eigenvalue weighted by atomic mass is 16.5. The summed E-state index contributed by atoms with van der Waals surface area (Å²) in [4.78, 5) is 22.3. The highest BCUT2D eigenvalue weighted by Gasteiger charge is 2.12. The van der Waals surface area contributed by atoms with E-state index in [1.165, 1.54) is 0 Å². The van der Waals surface area contributed by atoms with Gasteiger partial charge in [0.25, 0.3) is 5.91 Å². The third kappa shape index (κ3) is 5.42. The summed E-state index contributed by atoms with van der Waals surface area (Å²) in [5, 5.41) is 11.1. The molecule has 19 heavy (non-hydrogen) atoms. The number of carboxylic acids is 1. The van der Waals surface area contributed by atoms with E-state index >= 15 is 0 Å². The number of hydrogen-bond donors (Lipinski definition) is 2. The molecule has 0 aromatic heterocycles. The number of aliphatic carboxylic acids is 1. The molecule has 0 saturated carbocycles. The summed E-state index contributed by atoms with van der Waals surface area (Å²) in [5.74, 6) is -0.377. The van der Waals surface area contributed by atoms with Crippen molar-refractivity contribution in [3.8, 4) is 5.75 Å². The average Bonchev–Trinajstić information content (AvgIpc) is 2.36. The second-order valence-electron chi connectivity index (χ2n) is 4.60. The Morgan fingerprint density at radius 3 is 2.63 bits per heavy atom. The second-order valence-corrected chi connectivity index (χ2v) is 4.60. The van der Waals surface area contributed by atoms with Crippen LogP contribution in [0.3, 0.4) is 0 Å². The number of para-hydroxylation sites is 1. The summed E-state index contributed by atoms with van der Waals surface area (Å²) < 4.78 is 5.57. The van der Waals surface area contributed by atoms with Crippen LogP contribution in [0.1, 0.15) is 30.6 Å². The van der Waals surface area contributed by atoms with Crippen molar-refractivity contribution in [2.75, 3.05) is 13.2 Å². The Morgan fingerprint density at radius 2 is 2.00 bits per heavy atom. The van der Waals surface area contributed by atoms with Crippen LogP contribution in [0.25, 0.3) is 0 Å². The molecular formula is C14H19NO4. The molecule has 0 unspecified atom stereocenters. The van der Waals surface area contributed by atoms with E-state index in [1.807, 2.05) is 13.8 Å². The molecule has 0 aliphatic heterocycles. The zero-order chi connectivity index (χ0) is 14.3. The smallest absolute Gasteiger partial charge is 0.305 e. The van der Waals surface area contributed by atoms with Crippen LogP contribution in [0, 0.1) is 5.92 Å². The van der Waals surface area contributed by atoms with Crippen LogP contribution < -0.4 is 10.1 Å². The number of carboxylic acid groups (broad SMARTS) is 1. The first-order valence-electron chi connectivity index (χ1n) is 6.22. The third-order valence-corrected chi connectivity index (χ3v) is 2.33. The fraction of sp³-hybridized carbons (Fsp3) is 0.429. The number of carbonyl (C=O) groups excluding carboxylic acids is 1. The van der Waals surface area contributed by atoms with Crippen molar-refractivity contribution in [3.05, 3.63) is 29.8 Å². The van der Waals surface area contributed by atoms with Gasteiger partial charge in [-0.25, -0.2) is 0 Å². The van der Waals surface area contributed by atoms with Gasteiger partial charge in [0.15, 0.2) is 0 Å². The van der Waals surface area contributed by atoms with Gasteiger partial charge in [-0.05, 0) is 18.1 Å². The van der Waals surface area contributed by atoms with Gasteiger partial charge in [-0.15, -0.1) is 0 Å². The quantitative estimate of drug-likeness (QED) is 0.789. The van der Waals surface area contributed by atoms with E-state index in [1.54, 1.807) is 24.3 Å². The maximum atomic E-state index is 11.9. The number of benzene rings is 1. The molecule has 1 aromatic rings. The summed E-state index contributed by atoms with van der Waals surface area (Å²) >= 11 is 0. The number of amides is 1. The van der Waals surface area contributed by atoms with Crippen molar-refractivity contribution in [2.24, 2.45) is 5.92 Å². The minimum Gasteiger partial charge on any atom is -0.492 e. The van der Waals surface area contributed by atoms with Crippen molar-refractivity contribution < 1.29 is 19.4 Å². The van der Waals surface area contributed by atoms with Crippen LogP contribution >= 0.6 is 0 Å². The number of rotatable bonds is 7. The van der Waals surface area contributed by atoms with Crippen LogP contribution in [0.4, 0.5) is 0 Å². The Hall–Kier alpha value is -2.04. The minimum atomic E-state index is -0.940. The van der Waals surface area contributed by atoms with Crippen molar-refractivity contribution in [1.82, 2.24) is 5.32 Å². The van der Waals surface area contributed by atoms with E-state index in [2.05, 4.69) is 5.32 Å². The summed E-state index contributed by atoms with van der Waals surface area (Å²) in [6, 6.07) is 6.93. The van der Waals surface area contributed by atoms with Gasteiger partial charge in [0.2, 0.25) is 0 Å². The molecule has 0 bridgehead atoms. The fourth-order valence-corrected chi connectivity index (χ4v) is 1.41. The van der Waals surface area contributed by atoms with E-state index in [0.29, 0.717) is 23.8 Å². The summed E-state index contributed by atoms with van der Waals surface area (Å²) in [6.07, 6.45) is -0.0965. The number of hydrogen-bond acceptors (Lipinski definition) is 3. The van der Waals surface area contributed by atoms with Crippen LogP contribution in [0.2, 0.25) is 0 Å². The molecule has 5 nitrogen and oxygen atoms in total. The summed E-state index contributed by atoms with van der Waals surface area (Å²) in [5.41, 5.74) is 0.425. The molecule has 104 valence electrons. The van der Waals surface area contributed by atoms with Crippen molar-refractivity contribution >= 4 is 11.9 Å². The Bertz CT molecular complexity index is 443. The molecule has 1 aromatic carbocycles. The van der Waals surface area contributed by atoms with Gasteiger partial charge in [0.05, 0.1) is 18.6 Å². The zero-order valence-corrected chi connectivity index (χ0v) is 11.2. The highest BCUT2D eigenvalue weighted by molar-refractivity contribution is 5.97. The summed E-state index contributed by atoms with van der Waals surface area (Å²) in [7, 11) is 0. The minimum absolute atomic E-state index is 0.0965. The predicted molar refractivity (Wildman–Crippen MR) is 71.4 cm³/mol. The van der Waals surface area contributed by atoms with Crippen LogP contribution in [0.5, 0.6) is 5.75 Å². The molecule has 1 rings (SSSR count). The molecule has 0 radical (unpaired) electrons. The molecule has 0 aliphatic carbocycles. The lowest BCUT2D eigenvalue weighted by Crippen LogP contribution is -2.26. The molecule has 1 amide bonds. The van der Waals surface area contributed by atoms with Gasteiger partial charge in [0, 0.05) is 6.54 Å². The van der Waals surface area contributed by atoms with E-state index in [4.69, 9.17) is 9.84 Å². The first-order chi connectivity index (χ1) is 9.00. The maximum absolute atomic E-state index is 11.9. The first-order valence-corrected chi connectivity index (χ1v) is 6.22. The van der Waals surface area contributed by atoms with Gasteiger partial charge >= 0.3 is 5.97 Å². The Balaban J connectivity index is 2.65. The van der Waals surface area contributed by atoms with Gasteiger partial charge in [-0.2, -0.15) is 0 Å². The van der Waals surface area contributed by atoms with E-state index < -0.39 is 5.97 Å². The molecule has 0 fully saturated rings. The molecule has 0 atom stereocenters. The number of carbonyl (C=O) groups is 2. The molecule has 0 aliphatic rings.